The molecule has 0 fully saturated rings. The maximum absolute atomic E-state index is 12.5. The number of nitrogens with one attached hydrogen (secondary N) is 1. The van der Waals surface area contributed by atoms with Crippen LogP contribution in [0.15, 0.2) is 35.2 Å². The van der Waals surface area contributed by atoms with Crippen molar-refractivity contribution in [1.29, 1.82) is 0 Å². The molecule has 0 radical (unpaired) electrons. The van der Waals surface area contributed by atoms with E-state index in [1.165, 1.54) is 4.88 Å². The molecule has 1 aliphatic rings. The minimum Gasteiger partial charge on any atom is -0.493 e. The highest BCUT2D eigenvalue weighted by atomic mass is 32.2. The van der Waals surface area contributed by atoms with Crippen molar-refractivity contribution in [2.24, 2.45) is 0 Å². The molecular formula is C16H19NO4S2. The molecule has 7 heteroatoms. The summed E-state index contributed by atoms with van der Waals surface area (Å²) in [5, 5.41) is 0. The molecule has 0 amide bonds. The average Bonchev–Trinajstić information content (AvgIpc) is 3.16. The van der Waals surface area contributed by atoms with Gasteiger partial charge in [0, 0.05) is 29.8 Å². The molecule has 0 aliphatic carbocycles. The Labute approximate surface area is 140 Å². The van der Waals surface area contributed by atoms with Gasteiger partial charge in [0.2, 0.25) is 10.0 Å². The average molecular weight is 353 g/mol. The Kier molecular flexibility index (Phi) is 4.72. The number of methoxy groups -OCH3 is 1. The van der Waals surface area contributed by atoms with Gasteiger partial charge in [0.05, 0.1) is 11.5 Å². The van der Waals surface area contributed by atoms with E-state index in [-0.39, 0.29) is 17.5 Å². The molecule has 0 unspecified atom stereocenters. The van der Waals surface area contributed by atoms with Crippen molar-refractivity contribution in [1.82, 2.24) is 4.72 Å². The second-order valence-corrected chi connectivity index (χ2v) is 8.48. The standard InChI is InChI=1S/C16H19NO4S2/c1-11-3-6-16(22-11)15(20-2)10-17-23(18,19)13-4-5-14-12(9-13)7-8-21-14/h3-6,9,15,17H,7-8,10H2,1-2H3/t15-/m1/s1. The maximum Gasteiger partial charge on any atom is 0.240 e. The maximum atomic E-state index is 12.5. The first kappa shape index (κ1) is 16.4. The van der Waals surface area contributed by atoms with Gasteiger partial charge in [-0.05, 0) is 42.8 Å². The molecule has 2 heterocycles. The van der Waals surface area contributed by atoms with E-state index >= 15 is 0 Å². The minimum absolute atomic E-state index is 0.201. The Hall–Kier alpha value is -1.41. The zero-order valence-electron chi connectivity index (χ0n) is 13.0. The Bertz CT molecular complexity index is 798. The number of rotatable bonds is 6. The summed E-state index contributed by atoms with van der Waals surface area (Å²) in [6.45, 7) is 2.82. The number of ether oxygens (including phenoxy) is 2. The van der Waals surface area contributed by atoms with Crippen LogP contribution in [0.25, 0.3) is 0 Å². The Morgan fingerprint density at radius 1 is 1.35 bits per heavy atom. The highest BCUT2D eigenvalue weighted by Crippen LogP contribution is 2.28. The van der Waals surface area contributed by atoms with Crippen LogP contribution in [0.4, 0.5) is 0 Å². The summed E-state index contributed by atoms with van der Waals surface area (Å²) in [4.78, 5) is 2.44. The normalized spacial score (nSPS) is 15.2. The van der Waals surface area contributed by atoms with Gasteiger partial charge < -0.3 is 9.47 Å². The molecule has 3 rings (SSSR count). The van der Waals surface area contributed by atoms with E-state index < -0.39 is 10.0 Å². The number of sulfonamides is 1. The van der Waals surface area contributed by atoms with E-state index in [9.17, 15) is 8.42 Å². The number of benzene rings is 1. The Balaban J connectivity index is 1.73. The molecule has 23 heavy (non-hydrogen) atoms. The summed E-state index contributed by atoms with van der Waals surface area (Å²) in [5.41, 5.74) is 0.935. The van der Waals surface area contributed by atoms with E-state index in [1.54, 1.807) is 36.6 Å². The molecule has 2 aromatic rings. The lowest BCUT2D eigenvalue weighted by Crippen LogP contribution is -2.29. The van der Waals surface area contributed by atoms with Gasteiger partial charge in [-0.25, -0.2) is 13.1 Å². The van der Waals surface area contributed by atoms with E-state index in [4.69, 9.17) is 9.47 Å². The van der Waals surface area contributed by atoms with E-state index in [0.29, 0.717) is 6.61 Å². The van der Waals surface area contributed by atoms with E-state index in [1.807, 2.05) is 19.1 Å². The van der Waals surface area contributed by atoms with Crippen molar-refractivity contribution >= 4 is 21.4 Å². The first-order chi connectivity index (χ1) is 11.0. The largest absolute Gasteiger partial charge is 0.493 e. The predicted octanol–water partition coefficient (Wildman–Crippen LogP) is 2.66. The fourth-order valence-electron chi connectivity index (χ4n) is 2.53. The molecule has 0 saturated heterocycles. The molecule has 0 bridgehead atoms. The van der Waals surface area contributed by atoms with Crippen molar-refractivity contribution < 1.29 is 17.9 Å². The highest BCUT2D eigenvalue weighted by molar-refractivity contribution is 7.89. The lowest BCUT2D eigenvalue weighted by atomic mass is 10.2. The quantitative estimate of drug-likeness (QED) is 0.867. The molecule has 0 spiro atoms. The van der Waals surface area contributed by atoms with Gasteiger partial charge in [-0.2, -0.15) is 0 Å². The summed E-state index contributed by atoms with van der Waals surface area (Å²) in [7, 11) is -1.99. The fraction of sp³-hybridized carbons (Fsp3) is 0.375. The van der Waals surface area contributed by atoms with Crippen molar-refractivity contribution in [3.05, 3.63) is 45.6 Å². The summed E-state index contributed by atoms with van der Waals surface area (Å²) in [6, 6.07) is 8.94. The smallest absolute Gasteiger partial charge is 0.240 e. The summed E-state index contributed by atoms with van der Waals surface area (Å²) >= 11 is 1.61. The topological polar surface area (TPSA) is 64.6 Å². The lowest BCUT2D eigenvalue weighted by molar-refractivity contribution is 0.110. The molecule has 1 aliphatic heterocycles. The minimum atomic E-state index is -3.57. The molecule has 124 valence electrons. The van der Waals surface area contributed by atoms with Crippen LogP contribution in [0.3, 0.4) is 0 Å². The summed E-state index contributed by atoms with van der Waals surface area (Å²) < 4.78 is 38.4. The van der Waals surface area contributed by atoms with Gasteiger partial charge in [-0.15, -0.1) is 11.3 Å². The van der Waals surface area contributed by atoms with Gasteiger partial charge in [0.1, 0.15) is 11.9 Å². The Morgan fingerprint density at radius 3 is 2.87 bits per heavy atom. The first-order valence-electron chi connectivity index (χ1n) is 7.34. The van der Waals surface area contributed by atoms with E-state index in [2.05, 4.69) is 4.72 Å². The zero-order chi connectivity index (χ0) is 16.4. The Morgan fingerprint density at radius 2 is 2.17 bits per heavy atom. The van der Waals surface area contributed by atoms with Crippen molar-refractivity contribution in [3.8, 4) is 5.75 Å². The third-order valence-corrected chi connectivity index (χ3v) is 6.31. The predicted molar refractivity (Wildman–Crippen MR) is 89.6 cm³/mol. The second-order valence-electron chi connectivity index (χ2n) is 5.39. The van der Waals surface area contributed by atoms with Crippen LogP contribution in [0.5, 0.6) is 5.75 Å². The summed E-state index contributed by atoms with van der Waals surface area (Å²) in [6.07, 6.45) is 0.453. The van der Waals surface area contributed by atoms with Crippen molar-refractivity contribution in [2.75, 3.05) is 20.3 Å². The molecule has 5 nitrogen and oxygen atoms in total. The van der Waals surface area contributed by atoms with Crippen LogP contribution in [-0.4, -0.2) is 28.7 Å². The SMILES string of the molecule is CO[C@H](CNS(=O)(=O)c1ccc2c(c1)CCO2)c1ccc(C)s1. The number of aryl methyl sites for hydroxylation is 1. The van der Waals surface area contributed by atoms with Gasteiger partial charge in [-0.1, -0.05) is 0 Å². The van der Waals surface area contributed by atoms with Gasteiger partial charge in [0.25, 0.3) is 0 Å². The number of thiophene rings is 1. The van der Waals surface area contributed by atoms with E-state index in [0.717, 1.165) is 22.6 Å². The first-order valence-corrected chi connectivity index (χ1v) is 9.64. The lowest BCUT2D eigenvalue weighted by Gasteiger charge is -2.15. The third kappa shape index (κ3) is 3.58. The van der Waals surface area contributed by atoms with Crippen LogP contribution in [0.2, 0.25) is 0 Å². The van der Waals surface area contributed by atoms with Crippen molar-refractivity contribution in [3.63, 3.8) is 0 Å². The summed E-state index contributed by atoms with van der Waals surface area (Å²) in [5.74, 6) is 0.771. The molecule has 1 aromatic carbocycles. The third-order valence-electron chi connectivity index (χ3n) is 3.79. The molecule has 0 saturated carbocycles. The zero-order valence-corrected chi connectivity index (χ0v) is 14.7. The molecular weight excluding hydrogens is 334 g/mol. The number of hydrogen-bond acceptors (Lipinski definition) is 5. The highest BCUT2D eigenvalue weighted by Gasteiger charge is 2.21. The second kappa shape index (κ2) is 6.60. The van der Waals surface area contributed by atoms with Gasteiger partial charge in [-0.3, -0.25) is 0 Å². The molecule has 1 atom stereocenters. The van der Waals surface area contributed by atoms with Crippen LogP contribution in [0, 0.1) is 6.92 Å². The fourth-order valence-corrected chi connectivity index (χ4v) is 4.56. The molecule has 1 N–H and O–H groups in total. The number of fused-ring (bicyclic) bond motifs is 1. The molecule has 1 aromatic heterocycles. The van der Waals surface area contributed by atoms with Crippen LogP contribution < -0.4 is 9.46 Å². The van der Waals surface area contributed by atoms with Gasteiger partial charge in [0.15, 0.2) is 0 Å². The monoisotopic (exact) mass is 353 g/mol. The number of hydrogen-bond donors (Lipinski definition) is 1. The van der Waals surface area contributed by atoms with Gasteiger partial charge >= 0.3 is 0 Å². The van der Waals surface area contributed by atoms with Crippen molar-refractivity contribution in [2.45, 2.75) is 24.3 Å². The van der Waals surface area contributed by atoms with Crippen LogP contribution >= 0.6 is 11.3 Å². The van der Waals surface area contributed by atoms with Crippen LogP contribution in [0.1, 0.15) is 21.4 Å². The van der Waals surface area contributed by atoms with Crippen LogP contribution in [-0.2, 0) is 21.2 Å².